The van der Waals surface area contributed by atoms with E-state index in [2.05, 4.69) is 11.9 Å². The van der Waals surface area contributed by atoms with Gasteiger partial charge in [0.1, 0.15) is 11.5 Å². The van der Waals surface area contributed by atoms with Crippen LogP contribution in [0.4, 0.5) is 0 Å². The van der Waals surface area contributed by atoms with E-state index < -0.39 is 5.97 Å². The molecule has 1 aromatic heterocycles. The number of hydrogen-bond donors (Lipinski definition) is 0. The third-order valence-corrected chi connectivity index (χ3v) is 4.84. The predicted molar refractivity (Wildman–Crippen MR) is 109 cm³/mol. The Morgan fingerprint density at radius 1 is 1.07 bits per heavy atom. The van der Waals surface area contributed by atoms with Gasteiger partial charge in [0.2, 0.25) is 5.78 Å². The lowest BCUT2D eigenvalue weighted by atomic mass is 10.0. The summed E-state index contributed by atoms with van der Waals surface area (Å²) < 4.78 is 11.3. The van der Waals surface area contributed by atoms with Gasteiger partial charge in [0.15, 0.2) is 5.76 Å². The Labute approximate surface area is 168 Å². The van der Waals surface area contributed by atoms with Gasteiger partial charge < -0.3 is 9.47 Å². The van der Waals surface area contributed by atoms with Crippen LogP contribution in [0.3, 0.4) is 0 Å². The van der Waals surface area contributed by atoms with Gasteiger partial charge in [-0.05, 0) is 54.8 Å². The Hall–Kier alpha value is -3.73. The van der Waals surface area contributed by atoms with Gasteiger partial charge in [-0.15, -0.1) is 0 Å². The van der Waals surface area contributed by atoms with Crippen LogP contribution < -0.4 is 9.47 Å². The molecule has 0 bridgehead atoms. The fourth-order valence-electron chi connectivity index (χ4n) is 3.13. The quantitative estimate of drug-likeness (QED) is 0.367. The number of rotatable bonds is 4. The minimum absolute atomic E-state index is 0.185. The fourth-order valence-corrected chi connectivity index (χ4v) is 3.13. The number of benzene rings is 2. The Morgan fingerprint density at radius 3 is 2.48 bits per heavy atom. The number of aromatic nitrogens is 1. The van der Waals surface area contributed by atoms with Crippen LogP contribution in [0, 0.1) is 6.92 Å². The average molecular weight is 385 g/mol. The molecule has 0 saturated heterocycles. The van der Waals surface area contributed by atoms with Gasteiger partial charge in [-0.3, -0.25) is 9.78 Å². The van der Waals surface area contributed by atoms with E-state index in [0.717, 1.165) is 12.0 Å². The number of allylic oxidation sites excluding steroid dienone is 1. The number of ether oxygens (including phenoxy) is 2. The van der Waals surface area contributed by atoms with Crippen molar-refractivity contribution in [2.45, 2.75) is 20.3 Å². The number of hydrogen-bond acceptors (Lipinski definition) is 5. The number of carbonyl (C=O) groups is 2. The molecule has 3 aromatic rings. The molecule has 5 heteroatoms. The van der Waals surface area contributed by atoms with Crippen LogP contribution in [0.25, 0.3) is 6.08 Å². The van der Waals surface area contributed by atoms with Crippen LogP contribution >= 0.6 is 0 Å². The molecule has 0 atom stereocenters. The third kappa shape index (κ3) is 3.67. The lowest BCUT2D eigenvalue weighted by Crippen LogP contribution is -2.09. The highest BCUT2D eigenvalue weighted by atomic mass is 16.5. The summed E-state index contributed by atoms with van der Waals surface area (Å²) in [6.45, 7) is 3.86. The van der Waals surface area contributed by atoms with Gasteiger partial charge in [-0.25, -0.2) is 4.79 Å². The standard InChI is InChI=1S/C24H19NO4/c1-3-16-4-6-17(7-5-16)14-21-22(26)19-8-9-20(15(2)23(19)28-21)29-24(27)18-10-12-25-13-11-18/h4-14H,3H2,1-2H3/b21-14-. The molecule has 0 unspecified atom stereocenters. The van der Waals surface area contributed by atoms with E-state index in [4.69, 9.17) is 9.47 Å². The monoisotopic (exact) mass is 385 g/mol. The van der Waals surface area contributed by atoms with Gasteiger partial charge in [0, 0.05) is 18.0 Å². The zero-order chi connectivity index (χ0) is 20.4. The van der Waals surface area contributed by atoms with Gasteiger partial charge >= 0.3 is 5.97 Å². The Morgan fingerprint density at radius 2 is 1.79 bits per heavy atom. The van der Waals surface area contributed by atoms with Crippen molar-refractivity contribution in [2.75, 3.05) is 0 Å². The summed E-state index contributed by atoms with van der Waals surface area (Å²) in [5.74, 6) is 0.351. The number of ketones is 1. The number of pyridine rings is 1. The molecule has 2 aromatic carbocycles. The maximum absolute atomic E-state index is 12.7. The SMILES string of the molecule is CCc1ccc(/C=C2\Oc3c(ccc(OC(=O)c4ccncc4)c3C)C2=O)cc1. The molecule has 0 spiro atoms. The summed E-state index contributed by atoms with van der Waals surface area (Å²) in [4.78, 5) is 28.9. The summed E-state index contributed by atoms with van der Waals surface area (Å²) in [7, 11) is 0. The largest absolute Gasteiger partial charge is 0.452 e. The van der Waals surface area contributed by atoms with Gasteiger partial charge in [0.05, 0.1) is 11.1 Å². The topological polar surface area (TPSA) is 65.5 Å². The molecule has 0 aliphatic carbocycles. The van der Waals surface area contributed by atoms with Crippen molar-refractivity contribution in [2.24, 2.45) is 0 Å². The van der Waals surface area contributed by atoms with Gasteiger partial charge in [-0.1, -0.05) is 31.2 Å². The molecule has 144 valence electrons. The van der Waals surface area contributed by atoms with Crippen LogP contribution in [0.5, 0.6) is 11.5 Å². The molecule has 4 rings (SSSR count). The summed E-state index contributed by atoms with van der Waals surface area (Å²) in [5.41, 5.74) is 3.57. The third-order valence-electron chi connectivity index (χ3n) is 4.84. The van der Waals surface area contributed by atoms with Crippen LogP contribution in [-0.2, 0) is 6.42 Å². The second kappa shape index (κ2) is 7.72. The number of fused-ring (bicyclic) bond motifs is 1. The van der Waals surface area contributed by atoms with Gasteiger partial charge in [0.25, 0.3) is 0 Å². The fraction of sp³-hybridized carbons (Fsp3) is 0.125. The normalized spacial score (nSPS) is 13.9. The van der Waals surface area contributed by atoms with Crippen LogP contribution in [-0.4, -0.2) is 16.7 Å². The maximum Gasteiger partial charge on any atom is 0.343 e. The van der Waals surface area contributed by atoms with E-state index in [0.29, 0.717) is 28.2 Å². The van der Waals surface area contributed by atoms with Crippen molar-refractivity contribution >= 4 is 17.8 Å². The van der Waals surface area contributed by atoms with Crippen molar-refractivity contribution in [1.82, 2.24) is 4.98 Å². The Bertz CT molecular complexity index is 1120. The van der Waals surface area contributed by atoms with E-state index in [1.54, 1.807) is 37.3 Å². The first kappa shape index (κ1) is 18.6. The molecular weight excluding hydrogens is 366 g/mol. The summed E-state index contributed by atoms with van der Waals surface area (Å²) >= 11 is 0. The van der Waals surface area contributed by atoms with E-state index in [1.165, 1.54) is 18.0 Å². The van der Waals surface area contributed by atoms with Crippen molar-refractivity contribution < 1.29 is 19.1 Å². The number of Topliss-reactive ketones (excluding diaryl/α,β-unsaturated/α-hetero) is 1. The van der Waals surface area contributed by atoms with E-state index >= 15 is 0 Å². The minimum atomic E-state index is -0.494. The minimum Gasteiger partial charge on any atom is -0.452 e. The molecule has 0 radical (unpaired) electrons. The number of esters is 1. The second-order valence-corrected chi connectivity index (χ2v) is 6.73. The molecule has 0 N–H and O–H groups in total. The first-order valence-electron chi connectivity index (χ1n) is 9.36. The number of aryl methyl sites for hydroxylation is 1. The molecule has 29 heavy (non-hydrogen) atoms. The predicted octanol–water partition coefficient (Wildman–Crippen LogP) is 4.79. The highest BCUT2D eigenvalue weighted by molar-refractivity contribution is 6.15. The number of nitrogens with zero attached hydrogens (tertiary/aromatic N) is 1. The summed E-state index contributed by atoms with van der Waals surface area (Å²) in [5, 5.41) is 0. The molecule has 2 heterocycles. The smallest absolute Gasteiger partial charge is 0.343 e. The Kier molecular flexibility index (Phi) is 4.96. The molecule has 0 amide bonds. The van der Waals surface area contributed by atoms with Crippen LogP contribution in [0.2, 0.25) is 0 Å². The molecule has 1 aliphatic rings. The average Bonchev–Trinajstić information content (AvgIpc) is 3.07. The van der Waals surface area contributed by atoms with Crippen molar-refractivity contribution in [3.63, 3.8) is 0 Å². The summed E-state index contributed by atoms with van der Waals surface area (Å²) in [6.07, 6.45) is 5.73. The van der Waals surface area contributed by atoms with Gasteiger partial charge in [-0.2, -0.15) is 0 Å². The lowest BCUT2D eigenvalue weighted by Gasteiger charge is -2.10. The van der Waals surface area contributed by atoms with Crippen molar-refractivity contribution in [1.29, 1.82) is 0 Å². The highest BCUT2D eigenvalue weighted by Crippen LogP contribution is 2.39. The maximum atomic E-state index is 12.7. The summed E-state index contributed by atoms with van der Waals surface area (Å²) in [6, 6.07) is 14.4. The lowest BCUT2D eigenvalue weighted by molar-refractivity contribution is 0.0733. The Balaban J connectivity index is 1.59. The van der Waals surface area contributed by atoms with E-state index in [1.807, 2.05) is 24.3 Å². The molecular formula is C24H19NO4. The molecule has 1 aliphatic heterocycles. The molecule has 0 saturated carbocycles. The second-order valence-electron chi connectivity index (χ2n) is 6.73. The molecule has 5 nitrogen and oxygen atoms in total. The first-order chi connectivity index (χ1) is 14.1. The van der Waals surface area contributed by atoms with Crippen LogP contribution in [0.15, 0.2) is 66.7 Å². The first-order valence-corrected chi connectivity index (χ1v) is 9.36. The zero-order valence-corrected chi connectivity index (χ0v) is 16.1. The van der Waals surface area contributed by atoms with E-state index in [-0.39, 0.29) is 11.5 Å². The highest BCUT2D eigenvalue weighted by Gasteiger charge is 2.30. The van der Waals surface area contributed by atoms with E-state index in [9.17, 15) is 9.59 Å². The van der Waals surface area contributed by atoms with Crippen molar-refractivity contribution in [3.05, 3.63) is 94.5 Å². The van der Waals surface area contributed by atoms with Crippen molar-refractivity contribution in [3.8, 4) is 11.5 Å². The zero-order valence-electron chi connectivity index (χ0n) is 16.1. The number of carbonyl (C=O) groups excluding carboxylic acids is 2. The van der Waals surface area contributed by atoms with Crippen LogP contribution in [0.1, 0.15) is 44.3 Å². The molecule has 0 fully saturated rings.